The van der Waals surface area contributed by atoms with Crippen molar-refractivity contribution in [2.24, 2.45) is 0 Å². The summed E-state index contributed by atoms with van der Waals surface area (Å²) in [5.41, 5.74) is 0. The van der Waals surface area contributed by atoms with Crippen LogP contribution in [0, 0.1) is 0 Å². The highest BCUT2D eigenvalue weighted by molar-refractivity contribution is 6.60. The standard InChI is InChI=1S/C16H35N2O3Si.BF4/c1-5-9-11-17-13-14-18(16-17)12-10-15-22(19-6-2,20-7-3)21-8-4;2-1(3,4)5/h16H,5-15H2,1-4H3;/q+1;-1. The maximum atomic E-state index is 9.75. The molecule has 0 saturated carbocycles. The van der Waals surface area contributed by atoms with Gasteiger partial charge in [0.05, 0.1) is 13.1 Å². The van der Waals surface area contributed by atoms with E-state index in [0.29, 0.717) is 19.8 Å². The number of hydrogen-bond donors (Lipinski definition) is 0. The summed E-state index contributed by atoms with van der Waals surface area (Å²) in [4.78, 5) is 2.43. The first-order valence-corrected chi connectivity index (χ1v) is 11.7. The first kappa shape index (κ1) is 26.4. The van der Waals surface area contributed by atoms with Crippen LogP contribution in [0.3, 0.4) is 0 Å². The number of rotatable bonds is 13. The molecule has 5 nitrogen and oxygen atoms in total. The Morgan fingerprint density at radius 2 is 1.48 bits per heavy atom. The fourth-order valence-corrected chi connectivity index (χ4v) is 5.40. The fourth-order valence-electron chi connectivity index (χ4n) is 2.80. The molecule has 0 unspecified atom stereocenters. The summed E-state index contributed by atoms with van der Waals surface area (Å²) in [5.74, 6) is 0. The monoisotopic (exact) mass is 418 g/mol. The van der Waals surface area contributed by atoms with E-state index in [-0.39, 0.29) is 0 Å². The molecule has 162 valence electrons. The zero-order valence-corrected chi connectivity index (χ0v) is 18.1. The van der Waals surface area contributed by atoms with E-state index in [9.17, 15) is 17.3 Å². The molecule has 1 heterocycles. The highest BCUT2D eigenvalue weighted by atomic mass is 28.4. The summed E-state index contributed by atoms with van der Waals surface area (Å²) < 4.78 is 59.1. The van der Waals surface area contributed by atoms with Crippen molar-refractivity contribution in [3.05, 3.63) is 0 Å². The summed E-state index contributed by atoms with van der Waals surface area (Å²) in [6.45, 7) is 14.8. The van der Waals surface area contributed by atoms with Crippen molar-refractivity contribution in [1.82, 2.24) is 4.90 Å². The summed E-state index contributed by atoms with van der Waals surface area (Å²) in [7, 11) is -8.46. The predicted octanol–water partition coefficient (Wildman–Crippen LogP) is 3.88. The zero-order chi connectivity index (χ0) is 20.8. The molecular weight excluding hydrogens is 383 g/mol. The lowest BCUT2D eigenvalue weighted by molar-refractivity contribution is -0.513. The third-order valence-electron chi connectivity index (χ3n) is 3.82. The Labute approximate surface area is 162 Å². The maximum Gasteiger partial charge on any atom is 0.673 e. The molecular formula is C16H35BF4N2O3Si. The minimum atomic E-state index is -6.00. The van der Waals surface area contributed by atoms with Crippen molar-refractivity contribution in [2.45, 2.75) is 53.0 Å². The van der Waals surface area contributed by atoms with Crippen LogP contribution in [-0.4, -0.2) is 77.9 Å². The Hall–Kier alpha value is -0.648. The van der Waals surface area contributed by atoms with E-state index < -0.39 is 16.1 Å². The first-order chi connectivity index (χ1) is 12.7. The van der Waals surface area contributed by atoms with Gasteiger partial charge in [0.1, 0.15) is 13.1 Å². The summed E-state index contributed by atoms with van der Waals surface area (Å²) in [5, 5.41) is 0. The smallest absolute Gasteiger partial charge is 0.418 e. The van der Waals surface area contributed by atoms with Gasteiger partial charge in [0.2, 0.25) is 6.34 Å². The molecule has 0 spiro atoms. The molecule has 0 bridgehead atoms. The fraction of sp³-hybridized carbons (Fsp3) is 0.938. The lowest BCUT2D eigenvalue weighted by Gasteiger charge is -2.28. The van der Waals surface area contributed by atoms with Gasteiger partial charge in [0.15, 0.2) is 0 Å². The Kier molecular flexibility index (Phi) is 14.0. The third-order valence-corrected chi connectivity index (χ3v) is 6.97. The van der Waals surface area contributed by atoms with Gasteiger partial charge in [0, 0.05) is 25.9 Å². The number of unbranched alkanes of at least 4 members (excludes halogenated alkanes) is 1. The van der Waals surface area contributed by atoms with Crippen molar-refractivity contribution in [3.8, 4) is 0 Å². The summed E-state index contributed by atoms with van der Waals surface area (Å²) in [6, 6.07) is 0.905. The van der Waals surface area contributed by atoms with Gasteiger partial charge in [-0.25, -0.2) is 0 Å². The van der Waals surface area contributed by atoms with Gasteiger partial charge in [-0.1, -0.05) is 13.3 Å². The lowest BCUT2D eigenvalue weighted by atomic mass is 10.3. The summed E-state index contributed by atoms with van der Waals surface area (Å²) in [6.07, 6.45) is 5.89. The molecule has 0 fully saturated rings. The van der Waals surface area contributed by atoms with Crippen LogP contribution >= 0.6 is 0 Å². The molecule has 11 heteroatoms. The highest BCUT2D eigenvalue weighted by Gasteiger charge is 2.40. The minimum Gasteiger partial charge on any atom is -0.418 e. The van der Waals surface area contributed by atoms with Gasteiger partial charge < -0.3 is 30.5 Å². The highest BCUT2D eigenvalue weighted by Crippen LogP contribution is 2.18. The van der Waals surface area contributed by atoms with E-state index >= 15 is 0 Å². The SMILES string of the molecule is CCCCN1C=[N+](CCC[Si](OCC)(OCC)OCC)CC1.F[B-](F)(F)F. The first-order valence-electron chi connectivity index (χ1n) is 9.81. The third kappa shape index (κ3) is 14.1. The van der Waals surface area contributed by atoms with E-state index in [1.165, 1.54) is 19.4 Å². The molecule has 0 aromatic heterocycles. The molecule has 0 aromatic rings. The van der Waals surface area contributed by atoms with Crippen LogP contribution in [0.1, 0.15) is 47.0 Å². The summed E-state index contributed by atoms with van der Waals surface area (Å²) >= 11 is 0. The van der Waals surface area contributed by atoms with E-state index in [0.717, 1.165) is 32.1 Å². The number of nitrogens with zero attached hydrogens (tertiary/aromatic N) is 2. The topological polar surface area (TPSA) is 33.9 Å². The second-order valence-electron chi connectivity index (χ2n) is 6.12. The van der Waals surface area contributed by atoms with Crippen molar-refractivity contribution in [3.63, 3.8) is 0 Å². The molecule has 27 heavy (non-hydrogen) atoms. The maximum absolute atomic E-state index is 9.75. The van der Waals surface area contributed by atoms with Crippen LogP contribution in [0.2, 0.25) is 6.04 Å². The number of halogens is 4. The Morgan fingerprint density at radius 1 is 0.963 bits per heavy atom. The molecule has 0 atom stereocenters. The second-order valence-corrected chi connectivity index (χ2v) is 8.85. The Bertz CT molecular complexity index is 395. The van der Waals surface area contributed by atoms with Crippen molar-refractivity contribution < 1.29 is 35.1 Å². The van der Waals surface area contributed by atoms with Gasteiger partial charge in [-0.2, -0.15) is 0 Å². The Balaban J connectivity index is 0.00000119. The van der Waals surface area contributed by atoms with Crippen molar-refractivity contribution >= 4 is 22.4 Å². The molecule has 0 N–H and O–H groups in total. The van der Waals surface area contributed by atoms with Crippen molar-refractivity contribution in [2.75, 3.05) is 46.0 Å². The molecule has 0 saturated heterocycles. The van der Waals surface area contributed by atoms with Crippen LogP contribution in [0.4, 0.5) is 17.3 Å². The molecule has 0 radical (unpaired) electrons. The van der Waals surface area contributed by atoms with Gasteiger partial charge >= 0.3 is 16.1 Å². The molecule has 0 aliphatic carbocycles. The van der Waals surface area contributed by atoms with Gasteiger partial charge in [-0.05, 0) is 33.6 Å². The van der Waals surface area contributed by atoms with Crippen LogP contribution in [0.15, 0.2) is 0 Å². The molecule has 1 aliphatic rings. The van der Waals surface area contributed by atoms with Crippen molar-refractivity contribution in [1.29, 1.82) is 0 Å². The van der Waals surface area contributed by atoms with Gasteiger partial charge in [-0.15, -0.1) is 0 Å². The van der Waals surface area contributed by atoms with E-state index in [1.807, 2.05) is 20.8 Å². The molecule has 0 amide bonds. The number of hydrogen-bond acceptors (Lipinski definition) is 4. The van der Waals surface area contributed by atoms with Crippen LogP contribution < -0.4 is 0 Å². The average molecular weight is 418 g/mol. The van der Waals surface area contributed by atoms with E-state index in [4.69, 9.17) is 13.3 Å². The largest absolute Gasteiger partial charge is 0.673 e. The quantitative estimate of drug-likeness (QED) is 0.258. The predicted molar refractivity (Wildman–Crippen MR) is 103 cm³/mol. The van der Waals surface area contributed by atoms with Gasteiger partial charge in [-0.3, -0.25) is 9.48 Å². The van der Waals surface area contributed by atoms with E-state index in [2.05, 4.69) is 22.7 Å². The van der Waals surface area contributed by atoms with E-state index in [1.54, 1.807) is 0 Å². The average Bonchev–Trinajstić information content (AvgIpc) is 3.00. The van der Waals surface area contributed by atoms with Gasteiger partial charge in [0.25, 0.3) is 0 Å². The normalized spacial score (nSPS) is 14.8. The van der Waals surface area contributed by atoms with Crippen LogP contribution in [-0.2, 0) is 13.3 Å². The molecule has 0 aromatic carbocycles. The van der Waals surface area contributed by atoms with Crippen LogP contribution in [0.5, 0.6) is 0 Å². The minimum absolute atomic E-state index is 0.660. The lowest BCUT2D eigenvalue weighted by Crippen LogP contribution is -2.46. The molecule has 1 aliphatic heterocycles. The Morgan fingerprint density at radius 3 is 1.93 bits per heavy atom. The zero-order valence-electron chi connectivity index (χ0n) is 17.1. The second kappa shape index (κ2) is 14.4. The van der Waals surface area contributed by atoms with Crippen LogP contribution in [0.25, 0.3) is 0 Å². The molecule has 1 rings (SSSR count).